The molecule has 0 saturated heterocycles. The standard InChI is InChI=1S/C7H5FO.C6H13N.C2H5NO2/c8-7-4-2-1-3-6(7)5-9;7-6-4-2-1-3-5-6;3-1-2(4)5/h1-5H;6H,1-5,7H2;1,3H2,(H,4,5). The number of nitrogens with two attached hydrogens (primary N) is 2. The van der Waals surface area contributed by atoms with Crippen molar-refractivity contribution in [2.45, 2.75) is 38.1 Å². The molecule has 1 saturated carbocycles. The third-order valence-electron chi connectivity index (χ3n) is 2.86. The number of halogens is 1. The van der Waals surface area contributed by atoms with Gasteiger partial charge in [-0.05, 0) is 25.0 Å². The maximum Gasteiger partial charge on any atom is 0.317 e. The zero-order valence-corrected chi connectivity index (χ0v) is 12.0. The van der Waals surface area contributed by atoms with Gasteiger partial charge in [0.05, 0.1) is 12.1 Å². The summed E-state index contributed by atoms with van der Waals surface area (Å²) in [7, 11) is 0. The average Bonchev–Trinajstić information content (AvgIpc) is 2.50. The molecular weight excluding hydrogens is 275 g/mol. The van der Waals surface area contributed by atoms with Crippen LogP contribution in [0.25, 0.3) is 0 Å². The van der Waals surface area contributed by atoms with E-state index in [-0.39, 0.29) is 12.1 Å². The van der Waals surface area contributed by atoms with Gasteiger partial charge in [-0.2, -0.15) is 0 Å². The second kappa shape index (κ2) is 12.0. The van der Waals surface area contributed by atoms with Crippen LogP contribution in [0, 0.1) is 5.82 Å². The summed E-state index contributed by atoms with van der Waals surface area (Å²) < 4.78 is 12.4. The van der Waals surface area contributed by atoms with E-state index >= 15 is 0 Å². The van der Waals surface area contributed by atoms with Gasteiger partial charge in [-0.15, -0.1) is 0 Å². The molecule has 0 amide bonds. The van der Waals surface area contributed by atoms with E-state index in [4.69, 9.17) is 10.8 Å². The molecule has 0 heterocycles. The lowest BCUT2D eigenvalue weighted by molar-refractivity contribution is -0.135. The molecule has 0 unspecified atom stereocenters. The molecule has 0 aromatic heterocycles. The van der Waals surface area contributed by atoms with Crippen LogP contribution in [0.15, 0.2) is 24.3 Å². The van der Waals surface area contributed by atoms with E-state index in [1.165, 1.54) is 44.2 Å². The summed E-state index contributed by atoms with van der Waals surface area (Å²) in [5.74, 6) is -1.43. The summed E-state index contributed by atoms with van der Waals surface area (Å²) in [5.41, 5.74) is 10.3. The van der Waals surface area contributed by atoms with Gasteiger partial charge in [-0.25, -0.2) is 4.39 Å². The summed E-state index contributed by atoms with van der Waals surface area (Å²) in [6.45, 7) is -0.278. The highest BCUT2D eigenvalue weighted by molar-refractivity contribution is 5.74. The van der Waals surface area contributed by atoms with Gasteiger partial charge in [-0.3, -0.25) is 9.59 Å². The minimum absolute atomic E-state index is 0.109. The maximum atomic E-state index is 12.4. The molecule has 1 fully saturated rings. The number of rotatable bonds is 2. The lowest BCUT2D eigenvalue weighted by Gasteiger charge is -2.15. The molecule has 0 aliphatic heterocycles. The maximum absolute atomic E-state index is 12.4. The van der Waals surface area contributed by atoms with Crippen LogP contribution >= 0.6 is 0 Å². The van der Waals surface area contributed by atoms with Gasteiger partial charge in [0, 0.05) is 6.04 Å². The molecule has 118 valence electrons. The minimum atomic E-state index is -0.968. The largest absolute Gasteiger partial charge is 0.480 e. The Bertz CT molecular complexity index is 421. The first-order valence-corrected chi connectivity index (χ1v) is 6.88. The summed E-state index contributed by atoms with van der Waals surface area (Å²) in [6, 6.07) is 6.38. The fraction of sp³-hybridized carbons (Fsp3) is 0.467. The van der Waals surface area contributed by atoms with Crippen LogP contribution in [0.5, 0.6) is 0 Å². The van der Waals surface area contributed by atoms with Crippen LogP contribution in [-0.2, 0) is 4.79 Å². The van der Waals surface area contributed by atoms with Crippen LogP contribution in [0.4, 0.5) is 4.39 Å². The lowest BCUT2D eigenvalue weighted by Crippen LogP contribution is -2.22. The van der Waals surface area contributed by atoms with Crippen LogP contribution in [-0.4, -0.2) is 29.9 Å². The second-order valence-corrected chi connectivity index (χ2v) is 4.64. The van der Waals surface area contributed by atoms with E-state index in [0.717, 1.165) is 0 Å². The second-order valence-electron chi connectivity index (χ2n) is 4.64. The number of carbonyl (C=O) groups is 2. The molecule has 1 aromatic carbocycles. The lowest BCUT2D eigenvalue weighted by atomic mass is 9.97. The van der Waals surface area contributed by atoms with E-state index in [2.05, 4.69) is 5.73 Å². The van der Waals surface area contributed by atoms with Crippen molar-refractivity contribution in [3.05, 3.63) is 35.6 Å². The highest BCUT2D eigenvalue weighted by Gasteiger charge is 2.06. The normalized spacial score (nSPS) is 14.0. The highest BCUT2D eigenvalue weighted by Crippen LogP contribution is 2.14. The van der Waals surface area contributed by atoms with E-state index in [9.17, 15) is 14.0 Å². The number of aliphatic carboxylic acids is 1. The summed E-state index contributed by atoms with van der Waals surface area (Å²) in [6.07, 6.45) is 7.16. The number of benzene rings is 1. The Labute approximate surface area is 124 Å². The van der Waals surface area contributed by atoms with Crippen LogP contribution in [0.3, 0.4) is 0 Å². The van der Waals surface area contributed by atoms with Crippen molar-refractivity contribution in [3.8, 4) is 0 Å². The number of aldehydes is 1. The molecule has 1 aliphatic carbocycles. The number of carboxylic acids is 1. The van der Waals surface area contributed by atoms with Crippen molar-refractivity contribution < 1.29 is 19.1 Å². The first-order valence-electron chi connectivity index (χ1n) is 6.88. The Morgan fingerprint density at radius 1 is 1.29 bits per heavy atom. The van der Waals surface area contributed by atoms with Crippen LogP contribution < -0.4 is 11.5 Å². The van der Waals surface area contributed by atoms with Crippen molar-refractivity contribution in [1.82, 2.24) is 0 Å². The smallest absolute Gasteiger partial charge is 0.317 e. The summed E-state index contributed by atoms with van der Waals surface area (Å²) in [5, 5.41) is 7.60. The third-order valence-corrected chi connectivity index (χ3v) is 2.86. The SMILES string of the molecule is NC1CCCCC1.NCC(=O)O.O=Cc1ccccc1F. The molecule has 6 heteroatoms. The Morgan fingerprint density at radius 3 is 2.10 bits per heavy atom. The molecule has 0 spiro atoms. The summed E-state index contributed by atoms with van der Waals surface area (Å²) >= 11 is 0. The van der Waals surface area contributed by atoms with Gasteiger partial charge in [-0.1, -0.05) is 31.4 Å². The van der Waals surface area contributed by atoms with Crippen molar-refractivity contribution in [3.63, 3.8) is 0 Å². The zero-order chi connectivity index (χ0) is 16.1. The fourth-order valence-electron chi connectivity index (χ4n) is 1.70. The Kier molecular flexibility index (Phi) is 11.0. The van der Waals surface area contributed by atoms with E-state index < -0.39 is 11.8 Å². The van der Waals surface area contributed by atoms with Gasteiger partial charge < -0.3 is 16.6 Å². The Morgan fingerprint density at radius 2 is 1.81 bits per heavy atom. The van der Waals surface area contributed by atoms with Crippen molar-refractivity contribution in [2.24, 2.45) is 11.5 Å². The summed E-state index contributed by atoms with van der Waals surface area (Å²) in [4.78, 5) is 19.2. The van der Waals surface area contributed by atoms with E-state index in [1.807, 2.05) is 0 Å². The molecule has 1 aliphatic rings. The molecule has 2 rings (SSSR count). The molecule has 21 heavy (non-hydrogen) atoms. The predicted octanol–water partition coefficient (Wildman–Crippen LogP) is 1.95. The van der Waals surface area contributed by atoms with Crippen molar-refractivity contribution >= 4 is 12.3 Å². The predicted molar refractivity (Wildman–Crippen MR) is 79.5 cm³/mol. The molecule has 0 atom stereocenters. The van der Waals surface area contributed by atoms with Gasteiger partial charge in [0.15, 0.2) is 6.29 Å². The van der Waals surface area contributed by atoms with Gasteiger partial charge in [0.25, 0.3) is 0 Å². The monoisotopic (exact) mass is 298 g/mol. The van der Waals surface area contributed by atoms with Crippen LogP contribution in [0.1, 0.15) is 42.5 Å². The Balaban J connectivity index is 0.000000300. The minimum Gasteiger partial charge on any atom is -0.480 e. The Hall–Kier alpha value is -1.79. The molecular formula is C15H23FN2O3. The number of carboxylic acid groups (broad SMARTS) is 1. The number of hydrogen-bond donors (Lipinski definition) is 3. The number of carbonyl (C=O) groups excluding carboxylic acids is 1. The topological polar surface area (TPSA) is 106 Å². The third kappa shape index (κ3) is 10.6. The van der Waals surface area contributed by atoms with Gasteiger partial charge >= 0.3 is 5.97 Å². The highest BCUT2D eigenvalue weighted by atomic mass is 19.1. The van der Waals surface area contributed by atoms with E-state index in [1.54, 1.807) is 12.1 Å². The van der Waals surface area contributed by atoms with Gasteiger partial charge in [0.1, 0.15) is 5.82 Å². The molecule has 5 nitrogen and oxygen atoms in total. The van der Waals surface area contributed by atoms with Crippen molar-refractivity contribution in [1.29, 1.82) is 0 Å². The van der Waals surface area contributed by atoms with Gasteiger partial charge in [0.2, 0.25) is 0 Å². The number of hydrogen-bond acceptors (Lipinski definition) is 4. The zero-order valence-electron chi connectivity index (χ0n) is 12.0. The van der Waals surface area contributed by atoms with Crippen molar-refractivity contribution in [2.75, 3.05) is 6.54 Å². The first kappa shape index (κ1) is 19.2. The molecule has 1 aromatic rings. The average molecular weight is 298 g/mol. The van der Waals surface area contributed by atoms with Crippen LogP contribution in [0.2, 0.25) is 0 Å². The molecule has 0 radical (unpaired) electrons. The first-order chi connectivity index (χ1) is 10.0. The quantitative estimate of drug-likeness (QED) is 0.723. The molecule has 0 bridgehead atoms. The molecule has 5 N–H and O–H groups in total. The fourth-order valence-corrected chi connectivity index (χ4v) is 1.70. The van der Waals surface area contributed by atoms with E-state index in [0.29, 0.717) is 12.3 Å².